The van der Waals surface area contributed by atoms with Crippen molar-refractivity contribution in [3.8, 4) is 0 Å². The fourth-order valence-electron chi connectivity index (χ4n) is 2.03. The van der Waals surface area contributed by atoms with E-state index < -0.39 is 12.1 Å². The summed E-state index contributed by atoms with van der Waals surface area (Å²) < 4.78 is 37.5. The van der Waals surface area contributed by atoms with Crippen LogP contribution >= 0.6 is 11.3 Å². The van der Waals surface area contributed by atoms with Crippen LogP contribution in [0, 0.1) is 5.92 Å². The van der Waals surface area contributed by atoms with Gasteiger partial charge in [-0.25, -0.2) is 0 Å². The zero-order valence-corrected chi connectivity index (χ0v) is 10.8. The normalized spacial score (nSPS) is 19.1. The standard InChI is InChI=1S/C10H15F3N4S/c1-14-9-16-15-8(18-9)6-17-4-2-7(3-5-17)10(11,12)13/h7H,2-6H2,1H3,(H,14,16). The lowest BCUT2D eigenvalue weighted by Gasteiger charge is -2.32. The van der Waals surface area contributed by atoms with Crippen LogP contribution < -0.4 is 5.32 Å². The molecule has 18 heavy (non-hydrogen) atoms. The Bertz CT molecular complexity index is 385. The predicted molar refractivity (Wildman–Crippen MR) is 63.5 cm³/mol. The maximum absolute atomic E-state index is 12.5. The minimum absolute atomic E-state index is 0.182. The van der Waals surface area contributed by atoms with Gasteiger partial charge in [0.25, 0.3) is 0 Å². The Balaban J connectivity index is 1.83. The highest BCUT2D eigenvalue weighted by Gasteiger charge is 2.41. The lowest BCUT2D eigenvalue weighted by atomic mass is 9.96. The zero-order valence-electron chi connectivity index (χ0n) is 10.00. The first-order chi connectivity index (χ1) is 8.49. The molecule has 0 amide bonds. The predicted octanol–water partition coefficient (Wildman–Crippen LogP) is 2.35. The maximum atomic E-state index is 12.5. The van der Waals surface area contributed by atoms with E-state index in [2.05, 4.69) is 15.5 Å². The fourth-order valence-corrected chi connectivity index (χ4v) is 2.76. The van der Waals surface area contributed by atoms with Crippen LogP contribution in [0.5, 0.6) is 0 Å². The number of hydrogen-bond acceptors (Lipinski definition) is 5. The molecule has 0 saturated carbocycles. The fraction of sp³-hybridized carbons (Fsp3) is 0.800. The van der Waals surface area contributed by atoms with Crippen molar-refractivity contribution < 1.29 is 13.2 Å². The molecule has 8 heteroatoms. The topological polar surface area (TPSA) is 41.1 Å². The Labute approximate surface area is 107 Å². The Morgan fingerprint density at radius 3 is 2.50 bits per heavy atom. The lowest BCUT2D eigenvalue weighted by molar-refractivity contribution is -0.185. The van der Waals surface area contributed by atoms with Gasteiger partial charge in [-0.2, -0.15) is 13.2 Å². The molecule has 0 atom stereocenters. The Morgan fingerprint density at radius 1 is 1.33 bits per heavy atom. The van der Waals surface area contributed by atoms with E-state index in [1.807, 2.05) is 4.90 Å². The summed E-state index contributed by atoms with van der Waals surface area (Å²) in [6, 6.07) is 0. The van der Waals surface area contributed by atoms with Gasteiger partial charge < -0.3 is 5.32 Å². The highest BCUT2D eigenvalue weighted by Crippen LogP contribution is 2.34. The van der Waals surface area contributed by atoms with E-state index in [-0.39, 0.29) is 12.8 Å². The third-order valence-electron chi connectivity index (χ3n) is 3.09. The Kier molecular flexibility index (Phi) is 4.06. The monoisotopic (exact) mass is 280 g/mol. The lowest BCUT2D eigenvalue weighted by Crippen LogP contribution is -2.38. The Hall–Kier alpha value is -0.890. The molecule has 0 spiro atoms. The van der Waals surface area contributed by atoms with Gasteiger partial charge in [0, 0.05) is 7.05 Å². The van der Waals surface area contributed by atoms with E-state index in [0.29, 0.717) is 19.6 Å². The molecule has 0 aromatic carbocycles. The van der Waals surface area contributed by atoms with Crippen LogP contribution in [0.2, 0.25) is 0 Å². The largest absolute Gasteiger partial charge is 0.391 e. The highest BCUT2D eigenvalue weighted by atomic mass is 32.1. The summed E-state index contributed by atoms with van der Waals surface area (Å²) in [6.07, 6.45) is -3.68. The number of alkyl halides is 3. The molecule has 1 fully saturated rings. The van der Waals surface area contributed by atoms with Crippen LogP contribution in [-0.4, -0.2) is 41.4 Å². The molecule has 1 N–H and O–H groups in total. The molecule has 4 nitrogen and oxygen atoms in total. The maximum Gasteiger partial charge on any atom is 0.391 e. The van der Waals surface area contributed by atoms with Crippen LogP contribution in [0.3, 0.4) is 0 Å². The van der Waals surface area contributed by atoms with E-state index in [9.17, 15) is 13.2 Å². The van der Waals surface area contributed by atoms with Gasteiger partial charge in [0.2, 0.25) is 5.13 Å². The molecule has 0 unspecified atom stereocenters. The summed E-state index contributed by atoms with van der Waals surface area (Å²) in [7, 11) is 1.76. The molecule has 2 rings (SSSR count). The third kappa shape index (κ3) is 3.32. The van der Waals surface area contributed by atoms with Crippen LogP contribution in [0.1, 0.15) is 17.8 Å². The van der Waals surface area contributed by atoms with E-state index in [1.165, 1.54) is 11.3 Å². The second-order valence-corrected chi connectivity index (χ2v) is 5.41. The number of halogens is 3. The molecule has 102 valence electrons. The van der Waals surface area contributed by atoms with Crippen molar-refractivity contribution in [1.29, 1.82) is 0 Å². The van der Waals surface area contributed by atoms with Crippen molar-refractivity contribution >= 4 is 16.5 Å². The van der Waals surface area contributed by atoms with Gasteiger partial charge in [-0.05, 0) is 25.9 Å². The van der Waals surface area contributed by atoms with Gasteiger partial charge in [0.1, 0.15) is 5.01 Å². The highest BCUT2D eigenvalue weighted by molar-refractivity contribution is 7.15. The third-order valence-corrected chi connectivity index (χ3v) is 4.02. The van der Waals surface area contributed by atoms with Crippen LogP contribution in [0.15, 0.2) is 0 Å². The van der Waals surface area contributed by atoms with Gasteiger partial charge in [-0.3, -0.25) is 4.90 Å². The van der Waals surface area contributed by atoms with E-state index in [0.717, 1.165) is 10.1 Å². The molecule has 2 heterocycles. The number of hydrogen-bond donors (Lipinski definition) is 1. The average molecular weight is 280 g/mol. The zero-order chi connectivity index (χ0) is 13.2. The molecule has 1 aromatic heterocycles. The number of rotatable bonds is 3. The number of nitrogens with zero attached hydrogens (tertiary/aromatic N) is 3. The number of nitrogens with one attached hydrogen (secondary N) is 1. The molecule has 0 aliphatic carbocycles. The molecular weight excluding hydrogens is 265 g/mol. The minimum atomic E-state index is -4.05. The van der Waals surface area contributed by atoms with Crippen molar-refractivity contribution in [2.75, 3.05) is 25.5 Å². The van der Waals surface area contributed by atoms with Crippen molar-refractivity contribution in [3.63, 3.8) is 0 Å². The summed E-state index contributed by atoms with van der Waals surface area (Å²) >= 11 is 1.44. The number of piperidine rings is 1. The second kappa shape index (κ2) is 5.40. The number of likely N-dealkylation sites (tertiary alicyclic amines) is 1. The second-order valence-electron chi connectivity index (χ2n) is 4.34. The van der Waals surface area contributed by atoms with Crippen molar-refractivity contribution in [2.24, 2.45) is 5.92 Å². The summed E-state index contributed by atoms with van der Waals surface area (Å²) in [4.78, 5) is 2.00. The average Bonchev–Trinajstić information content (AvgIpc) is 2.76. The first kappa shape index (κ1) is 13.5. The molecule has 0 bridgehead atoms. The molecule has 1 aliphatic rings. The van der Waals surface area contributed by atoms with Gasteiger partial charge in [-0.1, -0.05) is 11.3 Å². The smallest absolute Gasteiger partial charge is 0.363 e. The van der Waals surface area contributed by atoms with E-state index >= 15 is 0 Å². The van der Waals surface area contributed by atoms with Crippen LogP contribution in [-0.2, 0) is 6.54 Å². The van der Waals surface area contributed by atoms with Crippen molar-refractivity contribution in [3.05, 3.63) is 5.01 Å². The molecule has 1 saturated heterocycles. The van der Waals surface area contributed by atoms with Crippen LogP contribution in [0.4, 0.5) is 18.3 Å². The minimum Gasteiger partial charge on any atom is -0.363 e. The van der Waals surface area contributed by atoms with Gasteiger partial charge in [0.05, 0.1) is 12.5 Å². The molecule has 1 aliphatic heterocycles. The summed E-state index contributed by atoms with van der Waals surface area (Å²) in [5, 5.41) is 12.4. The SMILES string of the molecule is CNc1nnc(CN2CCC(C(F)(F)F)CC2)s1. The molecule has 0 radical (unpaired) electrons. The van der Waals surface area contributed by atoms with E-state index in [4.69, 9.17) is 0 Å². The number of anilines is 1. The van der Waals surface area contributed by atoms with Crippen molar-refractivity contribution in [1.82, 2.24) is 15.1 Å². The van der Waals surface area contributed by atoms with Crippen molar-refractivity contribution in [2.45, 2.75) is 25.6 Å². The Morgan fingerprint density at radius 2 is 2.00 bits per heavy atom. The quantitative estimate of drug-likeness (QED) is 0.923. The first-order valence-corrected chi connectivity index (χ1v) is 6.60. The summed E-state index contributed by atoms with van der Waals surface area (Å²) in [6.45, 7) is 1.53. The summed E-state index contributed by atoms with van der Waals surface area (Å²) in [5.74, 6) is -1.14. The molecule has 1 aromatic rings. The number of aromatic nitrogens is 2. The summed E-state index contributed by atoms with van der Waals surface area (Å²) in [5.41, 5.74) is 0. The van der Waals surface area contributed by atoms with Gasteiger partial charge in [-0.15, -0.1) is 10.2 Å². The molecular formula is C10H15F3N4S. The van der Waals surface area contributed by atoms with Gasteiger partial charge >= 0.3 is 6.18 Å². The van der Waals surface area contributed by atoms with E-state index in [1.54, 1.807) is 7.05 Å². The first-order valence-electron chi connectivity index (χ1n) is 5.78. The van der Waals surface area contributed by atoms with Crippen LogP contribution in [0.25, 0.3) is 0 Å². The van der Waals surface area contributed by atoms with Gasteiger partial charge in [0.15, 0.2) is 0 Å².